The minimum absolute atomic E-state index is 0.0462. The zero-order valence-electron chi connectivity index (χ0n) is 19.9. The van der Waals surface area contributed by atoms with Crippen molar-refractivity contribution in [1.29, 1.82) is 0 Å². The number of rotatable bonds is 8. The van der Waals surface area contributed by atoms with E-state index in [1.54, 1.807) is 37.6 Å². The summed E-state index contributed by atoms with van der Waals surface area (Å²) in [5.41, 5.74) is 0.247. The van der Waals surface area contributed by atoms with E-state index < -0.39 is 41.9 Å². The largest absolute Gasteiger partial charge is 0.394 e. The number of nitrogens with zero attached hydrogens (tertiary/aromatic N) is 2. The van der Waals surface area contributed by atoms with Gasteiger partial charge in [-0.05, 0) is 30.2 Å². The highest BCUT2D eigenvalue weighted by Crippen LogP contribution is 2.37. The van der Waals surface area contributed by atoms with E-state index in [9.17, 15) is 23.5 Å². The predicted molar refractivity (Wildman–Crippen MR) is 123 cm³/mol. The molecule has 8 nitrogen and oxygen atoms in total. The monoisotopic (exact) mass is 480 g/mol. The van der Waals surface area contributed by atoms with Gasteiger partial charge in [0.25, 0.3) is 5.91 Å². The van der Waals surface area contributed by atoms with Crippen LogP contribution in [0, 0.1) is 11.3 Å². The summed E-state index contributed by atoms with van der Waals surface area (Å²) in [4.78, 5) is 26.0. The molecule has 34 heavy (non-hydrogen) atoms. The number of aliphatic hydroxyl groups excluding tert-OH is 2. The number of amides is 2. The van der Waals surface area contributed by atoms with Gasteiger partial charge in [-0.2, -0.15) is 5.10 Å². The molecule has 3 rings (SSSR count). The number of aliphatic hydroxyl groups is 2. The third-order valence-electron chi connectivity index (χ3n) is 6.27. The van der Waals surface area contributed by atoms with Crippen LogP contribution < -0.4 is 10.6 Å². The first-order chi connectivity index (χ1) is 15.9. The van der Waals surface area contributed by atoms with E-state index in [0.29, 0.717) is 24.8 Å². The van der Waals surface area contributed by atoms with Gasteiger partial charge in [0, 0.05) is 31.3 Å². The molecular weight excluding hydrogens is 446 g/mol. The molecule has 1 aliphatic carbocycles. The number of halogens is 2. The zero-order valence-corrected chi connectivity index (χ0v) is 19.9. The number of carbonyl (C=O) groups excluding carboxylic acids is 2. The summed E-state index contributed by atoms with van der Waals surface area (Å²) in [6.45, 7) is 5.21. The lowest BCUT2D eigenvalue weighted by atomic mass is 9.86. The number of para-hydroxylation sites is 1. The van der Waals surface area contributed by atoms with Crippen molar-refractivity contribution in [2.45, 2.75) is 71.1 Å². The first-order valence-corrected chi connectivity index (χ1v) is 11.6. The predicted octanol–water partition coefficient (Wildman–Crippen LogP) is 2.48. The second-order valence-corrected chi connectivity index (χ2v) is 10.2. The highest BCUT2D eigenvalue weighted by Gasteiger charge is 2.36. The number of carbonyl (C=O) groups is 2. The maximum absolute atomic E-state index is 13.5. The molecule has 4 N–H and O–H groups in total. The maximum Gasteiger partial charge on any atom is 0.273 e. The molecule has 0 aliphatic heterocycles. The van der Waals surface area contributed by atoms with Crippen LogP contribution in [0.25, 0.3) is 10.9 Å². The number of hydrogen-bond donors (Lipinski definition) is 4. The summed E-state index contributed by atoms with van der Waals surface area (Å²) >= 11 is 0. The Morgan fingerprint density at radius 1 is 1.24 bits per heavy atom. The van der Waals surface area contributed by atoms with Gasteiger partial charge in [-0.15, -0.1) is 0 Å². The van der Waals surface area contributed by atoms with Crippen molar-refractivity contribution in [3.05, 3.63) is 30.0 Å². The Morgan fingerprint density at radius 3 is 2.50 bits per heavy atom. The van der Waals surface area contributed by atoms with Crippen molar-refractivity contribution >= 4 is 22.7 Å². The molecule has 2 amide bonds. The minimum atomic E-state index is -2.61. The van der Waals surface area contributed by atoms with Crippen molar-refractivity contribution in [3.8, 4) is 0 Å². The molecule has 1 fully saturated rings. The van der Waals surface area contributed by atoms with Gasteiger partial charge in [-0.3, -0.25) is 14.3 Å². The summed E-state index contributed by atoms with van der Waals surface area (Å²) in [5.74, 6) is -3.57. The van der Waals surface area contributed by atoms with Gasteiger partial charge in [0.2, 0.25) is 11.8 Å². The molecule has 10 heteroatoms. The molecule has 1 aromatic heterocycles. The molecule has 1 aromatic carbocycles. The zero-order chi connectivity index (χ0) is 25.1. The lowest BCUT2D eigenvalue weighted by Crippen LogP contribution is -2.54. The summed E-state index contributed by atoms with van der Waals surface area (Å²) < 4.78 is 28.8. The van der Waals surface area contributed by atoms with Crippen molar-refractivity contribution < 1.29 is 28.6 Å². The Balaban J connectivity index is 1.80. The Hall–Kier alpha value is -2.59. The van der Waals surface area contributed by atoms with Crippen LogP contribution in [0.2, 0.25) is 0 Å². The van der Waals surface area contributed by atoms with Crippen molar-refractivity contribution in [3.63, 3.8) is 0 Å². The van der Waals surface area contributed by atoms with E-state index in [4.69, 9.17) is 5.11 Å². The first-order valence-electron chi connectivity index (χ1n) is 11.6. The lowest BCUT2D eigenvalue weighted by molar-refractivity contribution is -0.125. The summed E-state index contributed by atoms with van der Waals surface area (Å²) in [6, 6.07) is 6.30. The molecule has 2 aromatic rings. The number of benzene rings is 1. The van der Waals surface area contributed by atoms with Crippen LogP contribution in [0.4, 0.5) is 8.78 Å². The fourth-order valence-corrected chi connectivity index (χ4v) is 4.22. The van der Waals surface area contributed by atoms with Gasteiger partial charge in [0.05, 0.1) is 18.2 Å². The second kappa shape index (κ2) is 10.4. The molecule has 0 saturated heterocycles. The third kappa shape index (κ3) is 6.29. The molecule has 1 unspecified atom stereocenters. The molecule has 0 bridgehead atoms. The highest BCUT2D eigenvalue weighted by molar-refractivity contribution is 6.06. The van der Waals surface area contributed by atoms with E-state index in [1.807, 2.05) is 12.1 Å². The van der Waals surface area contributed by atoms with Gasteiger partial charge in [-0.1, -0.05) is 39.0 Å². The first kappa shape index (κ1) is 26.0. The van der Waals surface area contributed by atoms with E-state index in [0.717, 1.165) is 5.52 Å². The quantitative estimate of drug-likeness (QED) is 0.463. The molecular formula is C24H34F2N4O4. The number of aromatic nitrogens is 2. The minimum Gasteiger partial charge on any atom is -0.394 e. The molecule has 1 saturated carbocycles. The summed E-state index contributed by atoms with van der Waals surface area (Å²) in [6.07, 6.45) is -0.585. The normalized spacial score (nSPS) is 18.4. The summed E-state index contributed by atoms with van der Waals surface area (Å²) in [5, 5.41) is 28.9. The van der Waals surface area contributed by atoms with Crippen LogP contribution in [-0.4, -0.2) is 63.0 Å². The van der Waals surface area contributed by atoms with Gasteiger partial charge in [-0.25, -0.2) is 8.78 Å². The van der Waals surface area contributed by atoms with Gasteiger partial charge < -0.3 is 20.8 Å². The Labute approximate surface area is 197 Å². The van der Waals surface area contributed by atoms with E-state index in [2.05, 4.69) is 15.7 Å². The van der Waals surface area contributed by atoms with E-state index in [1.165, 1.54) is 0 Å². The molecule has 0 spiro atoms. The smallest absolute Gasteiger partial charge is 0.273 e. The number of alkyl halides is 2. The average molecular weight is 481 g/mol. The number of hydrogen-bond acceptors (Lipinski definition) is 5. The fraction of sp³-hybridized carbons (Fsp3) is 0.625. The Bertz CT molecular complexity index is 1010. The molecule has 1 aliphatic rings. The topological polar surface area (TPSA) is 116 Å². The van der Waals surface area contributed by atoms with Crippen LogP contribution in [-0.2, 0) is 11.3 Å². The molecule has 2 atom stereocenters. The van der Waals surface area contributed by atoms with Crippen LogP contribution in [0.15, 0.2) is 24.3 Å². The van der Waals surface area contributed by atoms with Crippen molar-refractivity contribution in [2.24, 2.45) is 11.3 Å². The van der Waals surface area contributed by atoms with Crippen molar-refractivity contribution in [1.82, 2.24) is 20.4 Å². The van der Waals surface area contributed by atoms with Gasteiger partial charge in [0.1, 0.15) is 6.04 Å². The summed E-state index contributed by atoms with van der Waals surface area (Å²) in [7, 11) is 0. The van der Waals surface area contributed by atoms with Crippen molar-refractivity contribution in [2.75, 3.05) is 13.2 Å². The van der Waals surface area contributed by atoms with Gasteiger partial charge in [0.15, 0.2) is 5.69 Å². The van der Waals surface area contributed by atoms with Crippen LogP contribution in [0.1, 0.15) is 56.9 Å². The maximum atomic E-state index is 13.5. The van der Waals surface area contributed by atoms with Crippen LogP contribution in [0.3, 0.4) is 0 Å². The third-order valence-corrected chi connectivity index (χ3v) is 6.27. The number of fused-ring (bicyclic) bond motifs is 1. The highest BCUT2D eigenvalue weighted by atomic mass is 19.3. The molecule has 1 heterocycles. The SMILES string of the molecule is CC(C)(C)C(NC(=O)c1nn(CC2CCC(F)(F)CC2)c2ccccc12)C(=O)NC[C@@H](O)CO. The average Bonchev–Trinajstić information content (AvgIpc) is 3.14. The van der Waals surface area contributed by atoms with Crippen LogP contribution >= 0.6 is 0 Å². The standard InChI is InChI=1S/C24H34F2N4O4/c1-23(2,3)20(22(34)27-12-16(32)14-31)28-21(33)19-17-6-4-5-7-18(17)30(29-19)13-15-8-10-24(25,26)11-9-15/h4-7,15-16,20,31-32H,8-14H2,1-3H3,(H,27,34)(H,28,33)/t16-,20?/m1/s1. The molecule has 0 radical (unpaired) electrons. The van der Waals surface area contributed by atoms with Gasteiger partial charge >= 0.3 is 0 Å². The van der Waals surface area contributed by atoms with Crippen LogP contribution in [0.5, 0.6) is 0 Å². The Morgan fingerprint density at radius 2 is 1.88 bits per heavy atom. The number of nitrogens with one attached hydrogen (secondary N) is 2. The van der Waals surface area contributed by atoms with E-state index >= 15 is 0 Å². The second-order valence-electron chi connectivity index (χ2n) is 10.2. The molecule has 188 valence electrons. The lowest BCUT2D eigenvalue weighted by Gasteiger charge is -2.30. The Kier molecular flexibility index (Phi) is 7.92. The fourth-order valence-electron chi connectivity index (χ4n) is 4.22. The van der Waals surface area contributed by atoms with E-state index in [-0.39, 0.29) is 31.0 Å².